The molecule has 0 spiro atoms. The molecule has 0 radical (unpaired) electrons. The molecule has 25 heavy (non-hydrogen) atoms. The molecule has 2 unspecified atom stereocenters. The lowest BCUT2D eigenvalue weighted by Crippen LogP contribution is -2.49. The molecule has 134 valence electrons. The number of rotatable bonds is 4. The highest BCUT2D eigenvalue weighted by atomic mass is 32.2. The number of hydrogen-bond acceptors (Lipinski definition) is 4. The molecular formula is C19H25N3O2S. The molecule has 2 amide bonds. The van der Waals surface area contributed by atoms with Crippen molar-refractivity contribution in [3.63, 3.8) is 0 Å². The second kappa shape index (κ2) is 7.00. The summed E-state index contributed by atoms with van der Waals surface area (Å²) in [5, 5.41) is 3.62. The number of carbonyl (C=O) groups is 2. The number of fused-ring (bicyclic) bond motifs is 3. The Kier molecular flexibility index (Phi) is 4.73. The third-order valence-electron chi connectivity index (χ3n) is 5.75. The van der Waals surface area contributed by atoms with Crippen LogP contribution in [0.4, 0.5) is 5.69 Å². The summed E-state index contributed by atoms with van der Waals surface area (Å²) in [6.07, 6.45) is 4.97. The van der Waals surface area contributed by atoms with Crippen LogP contribution in [-0.2, 0) is 9.59 Å². The van der Waals surface area contributed by atoms with Crippen molar-refractivity contribution >= 4 is 29.3 Å². The fourth-order valence-corrected chi connectivity index (χ4v) is 5.27. The predicted molar refractivity (Wildman–Crippen MR) is 99.9 cm³/mol. The lowest BCUT2D eigenvalue weighted by Gasteiger charge is -2.36. The first-order chi connectivity index (χ1) is 12.1. The van der Waals surface area contributed by atoms with Crippen molar-refractivity contribution in [2.24, 2.45) is 0 Å². The van der Waals surface area contributed by atoms with E-state index in [2.05, 4.69) is 5.32 Å². The van der Waals surface area contributed by atoms with Crippen LogP contribution >= 0.6 is 11.8 Å². The van der Waals surface area contributed by atoms with Crippen LogP contribution in [0.1, 0.15) is 32.1 Å². The van der Waals surface area contributed by atoms with Crippen molar-refractivity contribution in [2.75, 3.05) is 24.2 Å². The number of anilines is 1. The number of piperidine rings is 1. The molecule has 2 atom stereocenters. The Labute approximate surface area is 153 Å². The first-order valence-corrected chi connectivity index (χ1v) is 10.1. The summed E-state index contributed by atoms with van der Waals surface area (Å²) in [4.78, 5) is 29.8. The molecule has 3 heterocycles. The van der Waals surface area contributed by atoms with Crippen LogP contribution in [0.5, 0.6) is 0 Å². The van der Waals surface area contributed by atoms with Gasteiger partial charge in [0.25, 0.3) is 0 Å². The second-order valence-corrected chi connectivity index (χ2v) is 8.34. The van der Waals surface area contributed by atoms with Crippen LogP contribution in [-0.4, -0.2) is 54.2 Å². The van der Waals surface area contributed by atoms with E-state index >= 15 is 0 Å². The summed E-state index contributed by atoms with van der Waals surface area (Å²) in [7, 11) is 1.93. The van der Waals surface area contributed by atoms with Gasteiger partial charge in [-0.2, -0.15) is 0 Å². The maximum Gasteiger partial charge on any atom is 0.237 e. The highest BCUT2D eigenvalue weighted by Gasteiger charge is 2.36. The number of amides is 2. The molecule has 0 aromatic heterocycles. The minimum absolute atomic E-state index is 0.0964. The van der Waals surface area contributed by atoms with Gasteiger partial charge >= 0.3 is 0 Å². The van der Waals surface area contributed by atoms with Gasteiger partial charge in [0.05, 0.1) is 11.4 Å². The molecule has 6 heteroatoms. The summed E-state index contributed by atoms with van der Waals surface area (Å²) < 4.78 is 0. The largest absolute Gasteiger partial charge is 0.343 e. The quantitative estimate of drug-likeness (QED) is 0.896. The minimum Gasteiger partial charge on any atom is -0.343 e. The molecule has 1 N–H and O–H groups in total. The number of benzene rings is 1. The van der Waals surface area contributed by atoms with E-state index in [9.17, 15) is 9.59 Å². The smallest absolute Gasteiger partial charge is 0.237 e. The van der Waals surface area contributed by atoms with Crippen LogP contribution in [0, 0.1) is 0 Å². The first-order valence-electron chi connectivity index (χ1n) is 9.15. The summed E-state index contributed by atoms with van der Waals surface area (Å²) in [6.45, 7) is 0.470. The van der Waals surface area contributed by atoms with Gasteiger partial charge in [0.15, 0.2) is 0 Å². The maximum atomic E-state index is 12.7. The second-order valence-electron chi connectivity index (χ2n) is 7.32. The van der Waals surface area contributed by atoms with Gasteiger partial charge in [-0.25, -0.2) is 0 Å². The van der Waals surface area contributed by atoms with Gasteiger partial charge in [0.2, 0.25) is 11.8 Å². The number of hydrogen-bond donors (Lipinski definition) is 1. The molecule has 2 bridgehead atoms. The molecule has 1 aromatic carbocycles. The van der Waals surface area contributed by atoms with E-state index in [-0.39, 0.29) is 11.8 Å². The predicted octanol–water partition coefficient (Wildman–Crippen LogP) is 2.26. The highest BCUT2D eigenvalue weighted by Crippen LogP contribution is 2.35. The number of carbonyl (C=O) groups excluding carboxylic acids is 2. The number of nitrogens with one attached hydrogen (secondary N) is 1. The van der Waals surface area contributed by atoms with Crippen molar-refractivity contribution in [2.45, 2.75) is 55.1 Å². The van der Waals surface area contributed by atoms with Crippen LogP contribution in [0.2, 0.25) is 0 Å². The monoisotopic (exact) mass is 359 g/mol. The van der Waals surface area contributed by atoms with Crippen LogP contribution < -0.4 is 10.2 Å². The average Bonchev–Trinajstić information content (AvgIpc) is 2.97. The minimum atomic E-state index is 0.0964. The molecule has 3 aliphatic heterocycles. The highest BCUT2D eigenvalue weighted by molar-refractivity contribution is 8.00. The fourth-order valence-electron chi connectivity index (χ4n) is 4.33. The zero-order valence-corrected chi connectivity index (χ0v) is 15.4. The Morgan fingerprint density at radius 1 is 1.28 bits per heavy atom. The normalized spacial score (nSPS) is 28.0. The molecule has 2 saturated heterocycles. The summed E-state index contributed by atoms with van der Waals surface area (Å²) >= 11 is 1.58. The Morgan fingerprint density at radius 2 is 2.00 bits per heavy atom. The molecule has 3 aliphatic rings. The molecule has 5 nitrogen and oxygen atoms in total. The van der Waals surface area contributed by atoms with Crippen molar-refractivity contribution in [3.05, 3.63) is 24.3 Å². The van der Waals surface area contributed by atoms with Crippen LogP contribution in [0.3, 0.4) is 0 Å². The third-order valence-corrected chi connectivity index (χ3v) is 6.79. The Balaban J connectivity index is 1.38. The SMILES string of the molecule is CN(C(=O)CCN1C(=O)CSc2ccccc21)C1CC2CCC(C1)N2. The van der Waals surface area contributed by atoms with E-state index in [4.69, 9.17) is 0 Å². The summed E-state index contributed by atoms with van der Waals surface area (Å²) in [5.41, 5.74) is 0.944. The van der Waals surface area contributed by atoms with E-state index in [1.54, 1.807) is 16.7 Å². The van der Waals surface area contributed by atoms with E-state index in [0.717, 1.165) is 23.4 Å². The number of nitrogens with zero attached hydrogens (tertiary/aromatic N) is 2. The summed E-state index contributed by atoms with van der Waals surface area (Å²) in [5.74, 6) is 0.701. The average molecular weight is 359 g/mol. The van der Waals surface area contributed by atoms with Crippen molar-refractivity contribution in [3.8, 4) is 0 Å². The molecule has 1 aromatic rings. The van der Waals surface area contributed by atoms with Gasteiger partial charge < -0.3 is 15.1 Å². The molecular weight excluding hydrogens is 334 g/mol. The van der Waals surface area contributed by atoms with E-state index in [1.165, 1.54) is 12.8 Å². The molecule has 0 saturated carbocycles. The first kappa shape index (κ1) is 16.9. The van der Waals surface area contributed by atoms with Crippen molar-refractivity contribution < 1.29 is 9.59 Å². The van der Waals surface area contributed by atoms with Gasteiger partial charge in [-0.05, 0) is 37.8 Å². The van der Waals surface area contributed by atoms with Crippen molar-refractivity contribution in [1.29, 1.82) is 0 Å². The zero-order valence-electron chi connectivity index (χ0n) is 14.6. The van der Waals surface area contributed by atoms with Gasteiger partial charge in [0.1, 0.15) is 0 Å². The van der Waals surface area contributed by atoms with Crippen LogP contribution in [0.15, 0.2) is 29.2 Å². The van der Waals surface area contributed by atoms with Crippen molar-refractivity contribution in [1.82, 2.24) is 10.2 Å². The van der Waals surface area contributed by atoms with Crippen LogP contribution in [0.25, 0.3) is 0 Å². The molecule has 4 rings (SSSR count). The van der Waals surface area contributed by atoms with Gasteiger partial charge in [-0.1, -0.05) is 12.1 Å². The zero-order chi connectivity index (χ0) is 17.4. The van der Waals surface area contributed by atoms with Gasteiger partial charge in [-0.3, -0.25) is 9.59 Å². The van der Waals surface area contributed by atoms with Gasteiger partial charge in [-0.15, -0.1) is 11.8 Å². The van der Waals surface area contributed by atoms with Gasteiger partial charge in [0, 0.05) is 43.0 Å². The Morgan fingerprint density at radius 3 is 2.76 bits per heavy atom. The lowest BCUT2D eigenvalue weighted by atomic mass is 9.98. The third kappa shape index (κ3) is 3.42. The topological polar surface area (TPSA) is 52.7 Å². The standard InChI is InChI=1S/C19H25N3O2S/c1-21(15-10-13-6-7-14(11-15)20-13)18(23)8-9-22-16-4-2-3-5-17(16)25-12-19(22)24/h2-5,13-15,20H,6-12H2,1H3. The van der Waals surface area contributed by atoms with E-state index in [1.807, 2.05) is 36.2 Å². The Hall–Kier alpha value is -1.53. The summed E-state index contributed by atoms with van der Waals surface area (Å²) in [6, 6.07) is 9.44. The molecule has 2 fully saturated rings. The maximum absolute atomic E-state index is 12.7. The molecule has 0 aliphatic carbocycles. The number of thioether (sulfide) groups is 1. The fraction of sp³-hybridized carbons (Fsp3) is 0.579. The van der Waals surface area contributed by atoms with E-state index in [0.29, 0.717) is 36.8 Å². The lowest BCUT2D eigenvalue weighted by molar-refractivity contribution is -0.132. The van der Waals surface area contributed by atoms with E-state index < -0.39 is 0 Å². The number of para-hydroxylation sites is 1. The Bertz CT molecular complexity index is 668.